The van der Waals surface area contributed by atoms with Gasteiger partial charge in [0, 0.05) is 17.1 Å². The number of para-hydroxylation sites is 1. The Balaban J connectivity index is 1.82. The lowest BCUT2D eigenvalue weighted by molar-refractivity contribution is 0.0717. The van der Waals surface area contributed by atoms with Crippen molar-refractivity contribution in [2.45, 2.75) is 45.6 Å². The fourth-order valence-electron chi connectivity index (χ4n) is 4.30. The fourth-order valence-corrected chi connectivity index (χ4v) is 4.57. The van der Waals surface area contributed by atoms with Gasteiger partial charge >= 0.3 is 0 Å². The van der Waals surface area contributed by atoms with Crippen molar-refractivity contribution in [2.24, 2.45) is 0 Å². The van der Waals surface area contributed by atoms with Crippen molar-refractivity contribution >= 4 is 32.7 Å². The van der Waals surface area contributed by atoms with Crippen LogP contribution in [0.25, 0.3) is 16.6 Å². The molecule has 1 heterocycles. The van der Waals surface area contributed by atoms with Crippen LogP contribution in [0.4, 0.5) is 0 Å². The van der Waals surface area contributed by atoms with Crippen molar-refractivity contribution in [2.75, 3.05) is 7.05 Å². The van der Waals surface area contributed by atoms with Crippen LogP contribution < -0.4 is 5.56 Å². The number of aromatic nitrogens is 2. The van der Waals surface area contributed by atoms with E-state index in [9.17, 15) is 9.59 Å². The number of rotatable bonds is 5. The predicted molar refractivity (Wildman–Crippen MR) is 145 cm³/mol. The monoisotopic (exact) mass is 531 g/mol. The van der Waals surface area contributed by atoms with E-state index in [1.165, 1.54) is 5.56 Å². The minimum atomic E-state index is -0.397. The third-order valence-corrected chi connectivity index (χ3v) is 6.89. The zero-order valence-electron chi connectivity index (χ0n) is 20.7. The molecule has 6 heteroatoms. The van der Waals surface area contributed by atoms with Gasteiger partial charge in [-0.2, -0.15) is 0 Å². The average Bonchev–Trinajstić information content (AvgIpc) is 2.84. The summed E-state index contributed by atoms with van der Waals surface area (Å²) < 4.78 is 2.55. The quantitative estimate of drug-likeness (QED) is 0.289. The van der Waals surface area contributed by atoms with Gasteiger partial charge in [-0.1, -0.05) is 67.9 Å². The van der Waals surface area contributed by atoms with Gasteiger partial charge in [0.05, 0.1) is 22.6 Å². The Labute approximate surface area is 214 Å². The number of fused-ring (bicyclic) bond motifs is 1. The van der Waals surface area contributed by atoms with E-state index in [4.69, 9.17) is 4.98 Å². The summed E-state index contributed by atoms with van der Waals surface area (Å²) in [6.07, 6.45) is 0.601. The van der Waals surface area contributed by atoms with Crippen molar-refractivity contribution < 1.29 is 4.79 Å². The van der Waals surface area contributed by atoms with Crippen molar-refractivity contribution in [1.29, 1.82) is 0 Å². The number of carbonyl (C=O) groups excluding carboxylic acids is 1. The molecule has 0 radical (unpaired) electrons. The molecule has 0 aliphatic rings. The Kier molecular flexibility index (Phi) is 6.95. The number of carbonyl (C=O) groups is 1. The minimum absolute atomic E-state index is 0.00912. The van der Waals surface area contributed by atoms with Crippen molar-refractivity contribution in [3.63, 3.8) is 0 Å². The summed E-state index contributed by atoms with van der Waals surface area (Å²) in [7, 11) is 1.78. The second kappa shape index (κ2) is 9.78. The van der Waals surface area contributed by atoms with Gasteiger partial charge in [-0.15, -0.1) is 0 Å². The summed E-state index contributed by atoms with van der Waals surface area (Å²) in [5.41, 5.74) is 2.97. The molecule has 180 valence electrons. The Morgan fingerprint density at radius 1 is 1.00 bits per heavy atom. The molecular weight excluding hydrogens is 502 g/mol. The van der Waals surface area contributed by atoms with Crippen LogP contribution in [0.3, 0.4) is 0 Å². The predicted octanol–water partition coefficient (Wildman–Crippen LogP) is 6.67. The van der Waals surface area contributed by atoms with Crippen LogP contribution >= 0.6 is 15.9 Å². The van der Waals surface area contributed by atoms with E-state index in [1.807, 2.05) is 73.7 Å². The summed E-state index contributed by atoms with van der Waals surface area (Å²) in [5, 5.41) is 0.542. The van der Waals surface area contributed by atoms with Crippen molar-refractivity contribution in [1.82, 2.24) is 14.5 Å². The highest BCUT2D eigenvalue weighted by molar-refractivity contribution is 9.10. The molecule has 0 spiro atoms. The number of nitrogens with zero attached hydrogens (tertiary/aromatic N) is 3. The van der Waals surface area contributed by atoms with Gasteiger partial charge in [0.15, 0.2) is 0 Å². The minimum Gasteiger partial charge on any atom is -0.332 e. The van der Waals surface area contributed by atoms with Crippen molar-refractivity contribution in [3.05, 3.63) is 105 Å². The maximum Gasteiger partial charge on any atom is 0.266 e. The Morgan fingerprint density at radius 3 is 2.23 bits per heavy atom. The molecule has 3 aromatic carbocycles. The average molecular weight is 532 g/mol. The third-order valence-electron chi connectivity index (χ3n) is 6.36. The maximum absolute atomic E-state index is 13.7. The summed E-state index contributed by atoms with van der Waals surface area (Å²) in [6.45, 7) is 8.45. The molecule has 35 heavy (non-hydrogen) atoms. The number of hydrogen-bond acceptors (Lipinski definition) is 3. The number of benzene rings is 3. The summed E-state index contributed by atoms with van der Waals surface area (Å²) in [6, 6.07) is 22.3. The van der Waals surface area contributed by atoms with Gasteiger partial charge in [-0.3, -0.25) is 14.2 Å². The second-order valence-corrected chi connectivity index (χ2v) is 10.7. The van der Waals surface area contributed by atoms with Crippen LogP contribution in [0, 0.1) is 0 Å². The molecule has 4 aromatic rings. The van der Waals surface area contributed by atoms with E-state index in [0.717, 1.165) is 4.47 Å². The van der Waals surface area contributed by atoms with Crippen LogP contribution in [-0.4, -0.2) is 27.4 Å². The molecule has 1 amide bonds. The van der Waals surface area contributed by atoms with Gasteiger partial charge in [0.1, 0.15) is 5.82 Å². The molecule has 5 nitrogen and oxygen atoms in total. The van der Waals surface area contributed by atoms with Gasteiger partial charge in [-0.05, 0) is 65.9 Å². The largest absolute Gasteiger partial charge is 0.332 e. The molecule has 0 saturated carbocycles. The molecule has 1 aromatic heterocycles. The first-order valence-electron chi connectivity index (χ1n) is 11.8. The van der Waals surface area contributed by atoms with Gasteiger partial charge in [0.25, 0.3) is 11.5 Å². The zero-order chi connectivity index (χ0) is 25.3. The first-order valence-corrected chi connectivity index (χ1v) is 12.6. The lowest BCUT2D eigenvalue weighted by Gasteiger charge is -2.29. The van der Waals surface area contributed by atoms with Crippen molar-refractivity contribution in [3.8, 4) is 5.69 Å². The Bertz CT molecular complexity index is 1420. The maximum atomic E-state index is 13.7. The zero-order valence-corrected chi connectivity index (χ0v) is 22.3. The van der Waals surface area contributed by atoms with E-state index in [1.54, 1.807) is 22.6 Å². The van der Waals surface area contributed by atoms with Gasteiger partial charge in [-0.25, -0.2) is 4.98 Å². The van der Waals surface area contributed by atoms with E-state index < -0.39 is 6.04 Å². The Morgan fingerprint density at radius 2 is 1.63 bits per heavy atom. The molecule has 0 fully saturated rings. The van der Waals surface area contributed by atoms with E-state index >= 15 is 0 Å². The van der Waals surface area contributed by atoms with Crippen LogP contribution in [0.15, 0.2) is 82.1 Å². The molecule has 0 aliphatic heterocycles. The van der Waals surface area contributed by atoms with Gasteiger partial charge < -0.3 is 4.90 Å². The topological polar surface area (TPSA) is 55.2 Å². The highest BCUT2D eigenvalue weighted by atomic mass is 79.9. The lowest BCUT2D eigenvalue weighted by Crippen LogP contribution is -2.36. The molecule has 4 rings (SSSR count). The molecule has 0 bridgehead atoms. The Hall–Kier alpha value is -3.25. The number of hydrogen-bond donors (Lipinski definition) is 0. The first kappa shape index (κ1) is 24.9. The molecule has 0 aliphatic carbocycles. The smallest absolute Gasteiger partial charge is 0.266 e. The fraction of sp³-hybridized carbons (Fsp3) is 0.276. The lowest BCUT2D eigenvalue weighted by atomic mass is 9.86. The highest BCUT2D eigenvalue weighted by Gasteiger charge is 2.27. The molecular formula is C29H30BrN3O2. The van der Waals surface area contributed by atoms with Crippen LogP contribution in [0.1, 0.15) is 61.9 Å². The standard InChI is InChI=1S/C29H30BrN3O2/c1-6-25(32(5)27(34)19-11-13-20(14-12-19)29(2,3)4)26-31-24-10-8-7-9-23(24)28(35)33(26)22-17-15-21(30)16-18-22/h7-18,25H,6H2,1-5H3. The third kappa shape index (κ3) is 4.94. The molecule has 1 unspecified atom stereocenters. The second-order valence-electron chi connectivity index (χ2n) is 9.77. The normalized spacial score (nSPS) is 12.5. The van der Waals surface area contributed by atoms with E-state index in [-0.39, 0.29) is 16.9 Å². The molecule has 0 N–H and O–H groups in total. The van der Waals surface area contributed by atoms with Crippen LogP contribution in [-0.2, 0) is 5.41 Å². The highest BCUT2D eigenvalue weighted by Crippen LogP contribution is 2.28. The van der Waals surface area contributed by atoms with Crippen LogP contribution in [0.5, 0.6) is 0 Å². The molecule has 0 saturated heterocycles. The SMILES string of the molecule is CCC(c1nc2ccccc2c(=O)n1-c1ccc(Br)cc1)N(C)C(=O)c1ccc(C(C)(C)C)cc1. The van der Waals surface area contributed by atoms with Gasteiger partial charge in [0.2, 0.25) is 0 Å². The van der Waals surface area contributed by atoms with E-state index in [0.29, 0.717) is 34.4 Å². The summed E-state index contributed by atoms with van der Waals surface area (Å²) in [4.78, 5) is 33.8. The number of amides is 1. The van der Waals surface area contributed by atoms with E-state index in [2.05, 4.69) is 36.7 Å². The summed E-state index contributed by atoms with van der Waals surface area (Å²) in [5.74, 6) is 0.433. The summed E-state index contributed by atoms with van der Waals surface area (Å²) >= 11 is 3.47. The molecule has 1 atom stereocenters. The van der Waals surface area contributed by atoms with Crippen LogP contribution in [0.2, 0.25) is 0 Å². The first-order chi connectivity index (χ1) is 16.6. The number of halogens is 1.